The maximum atomic E-state index is 13.2. The van der Waals surface area contributed by atoms with Crippen molar-refractivity contribution in [2.45, 2.75) is 12.0 Å². The summed E-state index contributed by atoms with van der Waals surface area (Å²) in [6.45, 7) is 2.90. The Morgan fingerprint density at radius 3 is 2.50 bits per heavy atom. The van der Waals surface area contributed by atoms with Crippen LogP contribution in [0.2, 0.25) is 0 Å². The number of anilines is 1. The van der Waals surface area contributed by atoms with Crippen molar-refractivity contribution in [3.05, 3.63) is 65.5 Å². The largest absolute Gasteiger partial charge is 0.379 e. The molecule has 0 spiro atoms. The Morgan fingerprint density at radius 2 is 1.79 bits per heavy atom. The molecule has 1 saturated heterocycles. The molecule has 0 saturated carbocycles. The Labute approximate surface area is 162 Å². The number of carbonyl (C=O) groups is 2. The highest BCUT2D eigenvalue weighted by molar-refractivity contribution is 6.10. The molecule has 2 heterocycles. The van der Waals surface area contributed by atoms with Crippen molar-refractivity contribution in [2.75, 3.05) is 37.9 Å². The summed E-state index contributed by atoms with van der Waals surface area (Å²) >= 11 is 0. The summed E-state index contributed by atoms with van der Waals surface area (Å²) in [6.07, 6.45) is -0.395. The summed E-state index contributed by atoms with van der Waals surface area (Å²) in [6, 6.07) is 12.1. The van der Waals surface area contributed by atoms with Gasteiger partial charge in [0.15, 0.2) is 11.4 Å². The number of rotatable bonds is 5. The van der Waals surface area contributed by atoms with Crippen molar-refractivity contribution in [3.63, 3.8) is 0 Å². The fourth-order valence-electron chi connectivity index (χ4n) is 3.73. The SMILES string of the molecule is O=C(C[C@@]1(O)C(=O)N(CN2CCOCC2)c2ccccc21)c1ccc(F)cc1. The molecule has 0 unspecified atom stereocenters. The number of hydrogen-bond acceptors (Lipinski definition) is 5. The van der Waals surface area contributed by atoms with Crippen LogP contribution >= 0.6 is 0 Å². The van der Waals surface area contributed by atoms with Crippen LogP contribution in [0.4, 0.5) is 10.1 Å². The van der Waals surface area contributed by atoms with Gasteiger partial charge in [-0.05, 0) is 30.3 Å². The van der Waals surface area contributed by atoms with E-state index >= 15 is 0 Å². The average molecular weight is 384 g/mol. The minimum absolute atomic E-state index is 0.256. The first-order valence-corrected chi connectivity index (χ1v) is 9.22. The zero-order valence-corrected chi connectivity index (χ0v) is 15.3. The fraction of sp³-hybridized carbons (Fsp3) is 0.333. The quantitative estimate of drug-likeness (QED) is 0.798. The van der Waals surface area contributed by atoms with Crippen LogP contribution in [0.1, 0.15) is 22.3 Å². The molecular formula is C21H21FN2O4. The number of aliphatic hydroxyl groups is 1. The molecule has 1 N–H and O–H groups in total. The number of Topliss-reactive ketones (excluding diaryl/α,β-unsaturated/α-hetero) is 1. The third-order valence-corrected chi connectivity index (χ3v) is 5.27. The predicted molar refractivity (Wildman–Crippen MR) is 100 cm³/mol. The van der Waals surface area contributed by atoms with Crippen LogP contribution in [-0.2, 0) is 15.1 Å². The zero-order valence-electron chi connectivity index (χ0n) is 15.3. The first-order valence-electron chi connectivity index (χ1n) is 9.22. The lowest BCUT2D eigenvalue weighted by molar-refractivity contribution is -0.136. The van der Waals surface area contributed by atoms with Crippen molar-refractivity contribution < 1.29 is 23.8 Å². The molecule has 1 atom stereocenters. The lowest BCUT2D eigenvalue weighted by atomic mass is 9.88. The van der Waals surface area contributed by atoms with E-state index in [1.807, 2.05) is 0 Å². The van der Waals surface area contributed by atoms with Crippen LogP contribution < -0.4 is 4.90 Å². The third-order valence-electron chi connectivity index (χ3n) is 5.27. The number of morpholine rings is 1. The molecule has 28 heavy (non-hydrogen) atoms. The van der Waals surface area contributed by atoms with Crippen LogP contribution in [-0.4, -0.2) is 54.7 Å². The summed E-state index contributed by atoms with van der Waals surface area (Å²) in [4.78, 5) is 29.5. The molecule has 2 aliphatic rings. The van der Waals surface area contributed by atoms with E-state index in [0.29, 0.717) is 44.2 Å². The van der Waals surface area contributed by atoms with Crippen LogP contribution in [0, 0.1) is 5.82 Å². The number of carbonyl (C=O) groups excluding carboxylic acids is 2. The second-order valence-electron chi connectivity index (χ2n) is 7.09. The standard InChI is InChI=1S/C21H21FN2O4/c22-16-7-5-15(6-8-16)19(25)13-21(27)17-3-1-2-4-18(17)24(20(21)26)14-23-9-11-28-12-10-23/h1-8,27H,9-14H2/t21-/m0/s1. The lowest BCUT2D eigenvalue weighted by Gasteiger charge is -2.31. The molecule has 6 nitrogen and oxygen atoms in total. The molecule has 2 aromatic rings. The van der Waals surface area contributed by atoms with E-state index < -0.39 is 29.5 Å². The number of amides is 1. The second kappa shape index (κ2) is 7.43. The molecule has 0 aliphatic carbocycles. The Morgan fingerprint density at radius 1 is 1.11 bits per heavy atom. The van der Waals surface area contributed by atoms with Crippen molar-refractivity contribution in [2.24, 2.45) is 0 Å². The number of para-hydroxylation sites is 1. The molecule has 1 amide bonds. The van der Waals surface area contributed by atoms with Gasteiger partial charge in [0.05, 0.1) is 32.0 Å². The highest BCUT2D eigenvalue weighted by atomic mass is 19.1. The Kier molecular flexibility index (Phi) is 4.97. The van der Waals surface area contributed by atoms with Gasteiger partial charge in [0.25, 0.3) is 5.91 Å². The molecule has 2 aromatic carbocycles. The maximum absolute atomic E-state index is 13.2. The van der Waals surface area contributed by atoms with Crippen molar-refractivity contribution in [1.29, 1.82) is 0 Å². The maximum Gasteiger partial charge on any atom is 0.265 e. The molecule has 2 aliphatic heterocycles. The summed E-state index contributed by atoms with van der Waals surface area (Å²) in [7, 11) is 0. The number of ether oxygens (including phenoxy) is 1. The summed E-state index contributed by atoms with van der Waals surface area (Å²) in [5, 5.41) is 11.3. The Balaban J connectivity index is 1.61. The first kappa shape index (κ1) is 18.7. The van der Waals surface area contributed by atoms with Gasteiger partial charge in [0.1, 0.15) is 5.82 Å². The monoisotopic (exact) mass is 384 g/mol. The number of fused-ring (bicyclic) bond motifs is 1. The number of hydrogen-bond donors (Lipinski definition) is 1. The van der Waals surface area contributed by atoms with E-state index in [-0.39, 0.29) is 5.56 Å². The normalized spacial score (nSPS) is 22.4. The Hall–Kier alpha value is -2.61. The minimum Gasteiger partial charge on any atom is -0.379 e. The highest BCUT2D eigenvalue weighted by Crippen LogP contribution is 2.42. The highest BCUT2D eigenvalue weighted by Gasteiger charge is 2.51. The van der Waals surface area contributed by atoms with Gasteiger partial charge in [-0.1, -0.05) is 18.2 Å². The molecule has 0 aromatic heterocycles. The van der Waals surface area contributed by atoms with Gasteiger partial charge in [0.2, 0.25) is 0 Å². The topological polar surface area (TPSA) is 70.1 Å². The molecule has 4 rings (SSSR count). The molecule has 0 bridgehead atoms. The van der Waals surface area contributed by atoms with Crippen LogP contribution in [0.25, 0.3) is 0 Å². The van der Waals surface area contributed by atoms with Crippen molar-refractivity contribution >= 4 is 17.4 Å². The predicted octanol–water partition coefficient (Wildman–Crippen LogP) is 1.92. The van der Waals surface area contributed by atoms with E-state index in [4.69, 9.17) is 4.74 Å². The second-order valence-corrected chi connectivity index (χ2v) is 7.09. The van der Waals surface area contributed by atoms with Crippen LogP contribution in [0.15, 0.2) is 48.5 Å². The third kappa shape index (κ3) is 3.32. The van der Waals surface area contributed by atoms with E-state index in [1.165, 1.54) is 29.2 Å². The first-order chi connectivity index (χ1) is 13.5. The smallest absolute Gasteiger partial charge is 0.265 e. The fourth-order valence-corrected chi connectivity index (χ4v) is 3.73. The molecule has 1 fully saturated rings. The minimum atomic E-state index is -1.94. The van der Waals surface area contributed by atoms with Gasteiger partial charge in [-0.15, -0.1) is 0 Å². The van der Waals surface area contributed by atoms with Gasteiger partial charge in [-0.2, -0.15) is 0 Å². The van der Waals surface area contributed by atoms with E-state index in [2.05, 4.69) is 4.90 Å². The summed E-state index contributed by atoms with van der Waals surface area (Å²) in [5.74, 6) is -1.39. The number of benzene rings is 2. The Bertz CT molecular complexity index is 896. The van der Waals surface area contributed by atoms with Gasteiger partial charge in [-0.25, -0.2) is 4.39 Å². The summed E-state index contributed by atoms with van der Waals surface area (Å²) < 4.78 is 18.5. The van der Waals surface area contributed by atoms with Gasteiger partial charge < -0.3 is 9.84 Å². The lowest BCUT2D eigenvalue weighted by Crippen LogP contribution is -2.49. The summed E-state index contributed by atoms with van der Waals surface area (Å²) in [5.41, 5.74) is -0.655. The van der Waals surface area contributed by atoms with Crippen molar-refractivity contribution in [1.82, 2.24) is 4.90 Å². The van der Waals surface area contributed by atoms with Crippen LogP contribution in [0.3, 0.4) is 0 Å². The van der Waals surface area contributed by atoms with Crippen LogP contribution in [0.5, 0.6) is 0 Å². The van der Waals surface area contributed by atoms with E-state index in [1.54, 1.807) is 24.3 Å². The van der Waals surface area contributed by atoms with Gasteiger partial charge >= 0.3 is 0 Å². The number of ketones is 1. The van der Waals surface area contributed by atoms with E-state index in [0.717, 1.165) is 0 Å². The molecule has 0 radical (unpaired) electrons. The van der Waals surface area contributed by atoms with E-state index in [9.17, 15) is 19.1 Å². The molecular weight excluding hydrogens is 363 g/mol. The number of nitrogens with zero attached hydrogens (tertiary/aromatic N) is 2. The van der Waals surface area contributed by atoms with Gasteiger partial charge in [-0.3, -0.25) is 19.4 Å². The average Bonchev–Trinajstić information content (AvgIpc) is 2.91. The molecule has 146 valence electrons. The number of halogens is 1. The zero-order chi connectivity index (χ0) is 19.7. The molecule has 7 heteroatoms. The van der Waals surface area contributed by atoms with Crippen molar-refractivity contribution in [3.8, 4) is 0 Å². The van der Waals surface area contributed by atoms with Gasteiger partial charge in [0, 0.05) is 24.2 Å².